The minimum Gasteiger partial charge on any atom is -0.395 e. The van der Waals surface area contributed by atoms with Gasteiger partial charge in [0.25, 0.3) is 5.56 Å². The Hall–Kier alpha value is -1.67. The number of hydrogen-bond acceptors (Lipinski definition) is 5. The zero-order valence-corrected chi connectivity index (χ0v) is 11.0. The average Bonchev–Trinajstić information content (AvgIpc) is 3.00. The molecule has 3 heterocycles. The van der Waals surface area contributed by atoms with Gasteiger partial charge in [0.1, 0.15) is 17.7 Å². The maximum absolute atomic E-state index is 11.7. The van der Waals surface area contributed by atoms with Crippen LogP contribution in [0.3, 0.4) is 0 Å². The van der Waals surface area contributed by atoms with Crippen LogP contribution in [0.25, 0.3) is 10.9 Å². The smallest absolute Gasteiger partial charge is 0.272 e. The SMILES string of the molecule is CO[C@H]1[C@@H](O)[C@H](c2c[nH]c3c(=O)[nH]ccc23)N[C@@H]1CO. The number of aliphatic hydroxyl groups excluding tert-OH is 2. The molecule has 1 fully saturated rings. The molecule has 0 radical (unpaired) electrons. The number of H-pyrrole nitrogens is 2. The second kappa shape index (κ2) is 5.02. The predicted octanol–water partition coefficient (Wildman–Crippen LogP) is -0.763. The molecule has 0 unspecified atom stereocenters. The van der Waals surface area contributed by atoms with Crippen LogP contribution in [0, 0.1) is 0 Å². The third kappa shape index (κ3) is 1.87. The van der Waals surface area contributed by atoms with E-state index in [0.717, 1.165) is 10.9 Å². The van der Waals surface area contributed by atoms with Crippen molar-refractivity contribution in [2.24, 2.45) is 0 Å². The van der Waals surface area contributed by atoms with Crippen molar-refractivity contribution in [2.45, 2.75) is 24.3 Å². The molecule has 0 aromatic carbocycles. The molecule has 4 atom stereocenters. The van der Waals surface area contributed by atoms with Crippen molar-refractivity contribution < 1.29 is 14.9 Å². The van der Waals surface area contributed by atoms with Gasteiger partial charge < -0.3 is 30.2 Å². The fourth-order valence-electron chi connectivity index (χ4n) is 2.93. The van der Waals surface area contributed by atoms with Crippen LogP contribution in [0.4, 0.5) is 0 Å². The van der Waals surface area contributed by atoms with Crippen LogP contribution < -0.4 is 10.9 Å². The number of pyridine rings is 1. The van der Waals surface area contributed by atoms with Crippen LogP contribution >= 0.6 is 0 Å². The summed E-state index contributed by atoms with van der Waals surface area (Å²) in [6.45, 7) is -0.130. The zero-order chi connectivity index (χ0) is 14.3. The summed E-state index contributed by atoms with van der Waals surface area (Å²) >= 11 is 0. The van der Waals surface area contributed by atoms with Crippen LogP contribution in [0.1, 0.15) is 11.6 Å². The summed E-state index contributed by atoms with van der Waals surface area (Å²) in [5.41, 5.74) is 1.05. The van der Waals surface area contributed by atoms with Gasteiger partial charge in [0.15, 0.2) is 0 Å². The highest BCUT2D eigenvalue weighted by atomic mass is 16.5. The van der Waals surface area contributed by atoms with Crippen molar-refractivity contribution in [3.63, 3.8) is 0 Å². The molecular weight excluding hydrogens is 262 g/mol. The Morgan fingerprint density at radius 1 is 1.40 bits per heavy atom. The van der Waals surface area contributed by atoms with Crippen LogP contribution in [-0.2, 0) is 4.74 Å². The van der Waals surface area contributed by atoms with E-state index in [4.69, 9.17) is 4.74 Å². The Bertz CT molecular complexity index is 665. The van der Waals surface area contributed by atoms with E-state index in [1.54, 1.807) is 18.5 Å². The molecule has 0 bridgehead atoms. The number of rotatable bonds is 3. The monoisotopic (exact) mass is 279 g/mol. The fourth-order valence-corrected chi connectivity index (χ4v) is 2.93. The number of hydrogen-bond donors (Lipinski definition) is 5. The molecule has 2 aromatic heterocycles. The second-order valence-electron chi connectivity index (χ2n) is 4.96. The largest absolute Gasteiger partial charge is 0.395 e. The summed E-state index contributed by atoms with van der Waals surface area (Å²) in [7, 11) is 1.50. The molecule has 1 saturated heterocycles. The van der Waals surface area contributed by atoms with Crippen molar-refractivity contribution in [1.29, 1.82) is 0 Å². The van der Waals surface area contributed by atoms with E-state index in [2.05, 4.69) is 15.3 Å². The molecule has 7 nitrogen and oxygen atoms in total. The van der Waals surface area contributed by atoms with Gasteiger partial charge in [-0.25, -0.2) is 0 Å². The summed E-state index contributed by atoms with van der Waals surface area (Å²) in [5.74, 6) is 0. The van der Waals surface area contributed by atoms with Gasteiger partial charge in [-0.1, -0.05) is 0 Å². The van der Waals surface area contributed by atoms with E-state index in [-0.39, 0.29) is 18.2 Å². The first-order valence-corrected chi connectivity index (χ1v) is 6.43. The van der Waals surface area contributed by atoms with E-state index >= 15 is 0 Å². The van der Waals surface area contributed by atoms with Crippen molar-refractivity contribution in [3.8, 4) is 0 Å². The molecule has 3 rings (SSSR count). The normalized spacial score (nSPS) is 30.1. The van der Waals surface area contributed by atoms with Crippen LogP contribution in [0.5, 0.6) is 0 Å². The van der Waals surface area contributed by atoms with E-state index in [1.807, 2.05) is 0 Å². The number of aromatic amines is 2. The van der Waals surface area contributed by atoms with E-state index < -0.39 is 18.2 Å². The summed E-state index contributed by atoms with van der Waals surface area (Å²) in [6, 6.07) is 1.05. The number of aromatic nitrogens is 2. The summed E-state index contributed by atoms with van der Waals surface area (Å²) in [5, 5.41) is 23.6. The van der Waals surface area contributed by atoms with Crippen LogP contribution in [0.15, 0.2) is 23.3 Å². The third-order valence-corrected chi connectivity index (χ3v) is 3.92. The summed E-state index contributed by atoms with van der Waals surface area (Å²) in [4.78, 5) is 17.2. The van der Waals surface area contributed by atoms with Gasteiger partial charge in [0.05, 0.1) is 18.7 Å². The molecular formula is C13H17N3O4. The first-order chi connectivity index (χ1) is 9.67. The first kappa shape index (κ1) is 13.3. The Kier molecular flexibility index (Phi) is 3.35. The molecule has 0 amide bonds. The van der Waals surface area contributed by atoms with Gasteiger partial charge in [0, 0.05) is 24.9 Å². The Labute approximate surface area is 114 Å². The predicted molar refractivity (Wildman–Crippen MR) is 72.5 cm³/mol. The lowest BCUT2D eigenvalue weighted by molar-refractivity contribution is -0.0113. The lowest BCUT2D eigenvalue weighted by Gasteiger charge is -2.18. The van der Waals surface area contributed by atoms with E-state index in [1.165, 1.54) is 7.11 Å². The second-order valence-corrected chi connectivity index (χ2v) is 4.96. The zero-order valence-electron chi connectivity index (χ0n) is 11.0. The number of fused-ring (bicyclic) bond motifs is 1. The van der Waals surface area contributed by atoms with Gasteiger partial charge in [-0.2, -0.15) is 0 Å². The van der Waals surface area contributed by atoms with E-state index in [0.29, 0.717) is 5.52 Å². The van der Waals surface area contributed by atoms with Gasteiger partial charge in [-0.3, -0.25) is 4.79 Å². The third-order valence-electron chi connectivity index (χ3n) is 3.92. The quantitative estimate of drug-likeness (QED) is 0.507. The lowest BCUT2D eigenvalue weighted by Crippen LogP contribution is -2.37. The number of nitrogens with one attached hydrogen (secondary N) is 3. The molecule has 20 heavy (non-hydrogen) atoms. The van der Waals surface area contributed by atoms with Gasteiger partial charge in [-0.15, -0.1) is 0 Å². The number of aliphatic hydroxyl groups is 2. The maximum atomic E-state index is 11.7. The summed E-state index contributed by atoms with van der Waals surface area (Å²) < 4.78 is 5.24. The van der Waals surface area contributed by atoms with E-state index in [9.17, 15) is 15.0 Å². The molecule has 5 N–H and O–H groups in total. The van der Waals surface area contributed by atoms with Crippen LogP contribution in [0.2, 0.25) is 0 Å². The van der Waals surface area contributed by atoms with Gasteiger partial charge in [0.2, 0.25) is 0 Å². The number of methoxy groups -OCH3 is 1. The minimum absolute atomic E-state index is 0.130. The highest BCUT2D eigenvalue weighted by molar-refractivity contribution is 5.82. The summed E-state index contributed by atoms with van der Waals surface area (Å²) in [6.07, 6.45) is 1.99. The van der Waals surface area contributed by atoms with Crippen molar-refractivity contribution in [3.05, 3.63) is 34.4 Å². The fraction of sp³-hybridized carbons (Fsp3) is 0.462. The van der Waals surface area contributed by atoms with Crippen molar-refractivity contribution in [1.82, 2.24) is 15.3 Å². The molecule has 1 aliphatic heterocycles. The van der Waals surface area contributed by atoms with Crippen LogP contribution in [-0.4, -0.2) is 52.1 Å². The number of ether oxygens (including phenoxy) is 1. The molecule has 0 saturated carbocycles. The maximum Gasteiger partial charge on any atom is 0.272 e. The Balaban J connectivity index is 2.04. The highest BCUT2D eigenvalue weighted by Crippen LogP contribution is 2.32. The molecule has 0 aliphatic carbocycles. The van der Waals surface area contributed by atoms with Gasteiger partial charge >= 0.3 is 0 Å². The topological polar surface area (TPSA) is 110 Å². The molecule has 108 valence electrons. The molecule has 0 spiro atoms. The Morgan fingerprint density at radius 2 is 2.20 bits per heavy atom. The standard InChI is InChI=1S/C13H17N3O4/c1-20-12-8(5-17)16-9(11(12)18)7-4-15-10-6(7)2-3-14-13(10)19/h2-4,8-9,11-12,15-18H,5H2,1H3,(H,14,19)/t8-,9+,11+,12-/m1/s1. The highest BCUT2D eigenvalue weighted by Gasteiger charge is 2.43. The average molecular weight is 279 g/mol. The van der Waals surface area contributed by atoms with Crippen molar-refractivity contribution >= 4 is 10.9 Å². The van der Waals surface area contributed by atoms with Gasteiger partial charge in [-0.05, 0) is 11.6 Å². The lowest BCUT2D eigenvalue weighted by atomic mass is 10.0. The Morgan fingerprint density at radius 3 is 2.85 bits per heavy atom. The minimum atomic E-state index is -0.796. The molecule has 2 aromatic rings. The molecule has 7 heteroatoms. The first-order valence-electron chi connectivity index (χ1n) is 6.43. The van der Waals surface area contributed by atoms with Crippen molar-refractivity contribution in [2.75, 3.05) is 13.7 Å². The molecule has 1 aliphatic rings.